The maximum atomic E-state index is 11.6. The van der Waals surface area contributed by atoms with E-state index in [1.807, 2.05) is 30.3 Å². The Morgan fingerprint density at radius 3 is 2.81 bits per heavy atom. The van der Waals surface area contributed by atoms with Crippen LogP contribution in [-0.2, 0) is 4.84 Å². The largest absolute Gasteiger partial charge is 0.295 e. The lowest BCUT2D eigenvalue weighted by Crippen LogP contribution is -2.24. The van der Waals surface area contributed by atoms with Gasteiger partial charge >= 0.3 is 0 Å². The predicted octanol–water partition coefficient (Wildman–Crippen LogP) is 1.16. The van der Waals surface area contributed by atoms with Crippen LogP contribution in [0, 0.1) is 0 Å². The van der Waals surface area contributed by atoms with Crippen LogP contribution in [-0.4, -0.2) is 22.6 Å². The van der Waals surface area contributed by atoms with Gasteiger partial charge in [-0.2, -0.15) is 0 Å². The molecule has 0 aliphatic heterocycles. The number of nitrogens with zero attached hydrogens (tertiary/aromatic N) is 2. The Bertz CT molecular complexity index is 479. The number of amides is 1. The summed E-state index contributed by atoms with van der Waals surface area (Å²) < 4.78 is 1.69. The molecule has 0 fully saturated rings. The lowest BCUT2D eigenvalue weighted by atomic mass is 10.3. The van der Waals surface area contributed by atoms with Crippen molar-refractivity contribution >= 4 is 5.91 Å². The van der Waals surface area contributed by atoms with E-state index in [0.717, 1.165) is 5.69 Å². The highest BCUT2D eigenvalue weighted by molar-refractivity contribution is 5.92. The molecule has 0 saturated heterocycles. The molecule has 1 heterocycles. The predicted molar refractivity (Wildman–Crippen MR) is 58.0 cm³/mol. The molecule has 0 spiro atoms. The number of nitrogens with one attached hydrogen (secondary N) is 1. The molecule has 0 bridgehead atoms. The van der Waals surface area contributed by atoms with Crippen LogP contribution in [0.5, 0.6) is 0 Å². The Labute approximate surface area is 92.6 Å². The normalized spacial score (nSPS) is 10.1. The maximum Gasteiger partial charge on any atom is 0.293 e. The first-order valence-electron chi connectivity index (χ1n) is 4.74. The van der Waals surface area contributed by atoms with Gasteiger partial charge < -0.3 is 0 Å². The van der Waals surface area contributed by atoms with E-state index in [4.69, 9.17) is 0 Å². The van der Waals surface area contributed by atoms with Crippen LogP contribution < -0.4 is 5.48 Å². The molecule has 0 unspecified atom stereocenters. The molecule has 16 heavy (non-hydrogen) atoms. The molecule has 0 saturated carbocycles. The third-order valence-electron chi connectivity index (χ3n) is 2.10. The van der Waals surface area contributed by atoms with Crippen molar-refractivity contribution in [3.8, 4) is 5.69 Å². The van der Waals surface area contributed by atoms with Gasteiger partial charge in [0.05, 0.1) is 19.6 Å². The van der Waals surface area contributed by atoms with E-state index in [2.05, 4.69) is 15.3 Å². The highest BCUT2D eigenvalue weighted by Crippen LogP contribution is 2.10. The number of rotatable bonds is 3. The molecular formula is C11H11N3O2. The van der Waals surface area contributed by atoms with Gasteiger partial charge in [0, 0.05) is 5.69 Å². The number of aromatic nitrogens is 2. The molecule has 5 heteroatoms. The van der Waals surface area contributed by atoms with Crippen molar-refractivity contribution in [1.82, 2.24) is 15.0 Å². The quantitative estimate of drug-likeness (QED) is 0.785. The van der Waals surface area contributed by atoms with E-state index >= 15 is 0 Å². The van der Waals surface area contributed by atoms with Gasteiger partial charge in [-0.15, -0.1) is 0 Å². The van der Waals surface area contributed by atoms with E-state index in [1.54, 1.807) is 10.9 Å². The minimum Gasteiger partial charge on any atom is -0.295 e. The van der Waals surface area contributed by atoms with Gasteiger partial charge in [-0.3, -0.25) is 14.2 Å². The lowest BCUT2D eigenvalue weighted by molar-refractivity contribution is 0.0530. The second-order valence-electron chi connectivity index (χ2n) is 3.12. The standard InChI is InChI=1S/C11H11N3O2/c1-16-13-11(15)10-7-12-8-14(10)9-5-3-2-4-6-9/h2-8H,1H3,(H,13,15). The maximum absolute atomic E-state index is 11.6. The first-order chi connectivity index (χ1) is 7.83. The molecule has 1 amide bonds. The average molecular weight is 217 g/mol. The highest BCUT2D eigenvalue weighted by atomic mass is 16.6. The van der Waals surface area contributed by atoms with Crippen LogP contribution >= 0.6 is 0 Å². The van der Waals surface area contributed by atoms with Gasteiger partial charge in [0.15, 0.2) is 0 Å². The topological polar surface area (TPSA) is 56.1 Å². The summed E-state index contributed by atoms with van der Waals surface area (Å²) in [4.78, 5) is 20.1. The third kappa shape index (κ3) is 1.94. The SMILES string of the molecule is CONC(=O)c1cncn1-c1ccccc1. The Hall–Kier alpha value is -2.14. The van der Waals surface area contributed by atoms with Crippen molar-refractivity contribution in [2.75, 3.05) is 7.11 Å². The minimum absolute atomic E-state index is 0.330. The van der Waals surface area contributed by atoms with Crippen molar-refractivity contribution < 1.29 is 9.63 Å². The molecule has 0 aliphatic rings. The fraction of sp³-hybridized carbons (Fsp3) is 0.0909. The fourth-order valence-corrected chi connectivity index (χ4v) is 1.40. The van der Waals surface area contributed by atoms with Crippen LogP contribution in [0.2, 0.25) is 0 Å². The van der Waals surface area contributed by atoms with Crippen molar-refractivity contribution in [2.24, 2.45) is 0 Å². The van der Waals surface area contributed by atoms with Gasteiger partial charge in [-0.1, -0.05) is 18.2 Å². The monoisotopic (exact) mass is 217 g/mol. The fourth-order valence-electron chi connectivity index (χ4n) is 1.40. The van der Waals surface area contributed by atoms with E-state index in [0.29, 0.717) is 5.69 Å². The van der Waals surface area contributed by atoms with E-state index in [-0.39, 0.29) is 5.91 Å². The first kappa shape index (κ1) is 10.4. The number of carbonyl (C=O) groups excluding carboxylic acids is 1. The van der Waals surface area contributed by atoms with Crippen molar-refractivity contribution in [2.45, 2.75) is 0 Å². The number of benzene rings is 1. The third-order valence-corrected chi connectivity index (χ3v) is 2.10. The molecule has 2 rings (SSSR count). The second-order valence-corrected chi connectivity index (χ2v) is 3.12. The molecule has 0 atom stereocenters. The summed E-state index contributed by atoms with van der Waals surface area (Å²) in [6.45, 7) is 0. The van der Waals surface area contributed by atoms with Crippen LogP contribution in [0.1, 0.15) is 10.5 Å². The summed E-state index contributed by atoms with van der Waals surface area (Å²) in [5.74, 6) is -0.330. The zero-order valence-corrected chi connectivity index (χ0v) is 8.75. The molecule has 82 valence electrons. The summed E-state index contributed by atoms with van der Waals surface area (Å²) in [5.41, 5.74) is 3.56. The number of hydroxylamine groups is 1. The first-order valence-corrected chi connectivity index (χ1v) is 4.74. The van der Waals surface area contributed by atoms with Gasteiger partial charge in [-0.05, 0) is 12.1 Å². The molecule has 1 aromatic heterocycles. The van der Waals surface area contributed by atoms with Crippen molar-refractivity contribution in [1.29, 1.82) is 0 Å². The van der Waals surface area contributed by atoms with Crippen LogP contribution in [0.15, 0.2) is 42.9 Å². The molecule has 5 nitrogen and oxygen atoms in total. The smallest absolute Gasteiger partial charge is 0.293 e. The van der Waals surface area contributed by atoms with Gasteiger partial charge in [0.2, 0.25) is 0 Å². The zero-order chi connectivity index (χ0) is 11.4. The van der Waals surface area contributed by atoms with Crippen LogP contribution in [0.4, 0.5) is 0 Å². The Kier molecular flexibility index (Phi) is 2.98. The highest BCUT2D eigenvalue weighted by Gasteiger charge is 2.11. The Balaban J connectivity index is 2.37. The average Bonchev–Trinajstić information content (AvgIpc) is 2.79. The Morgan fingerprint density at radius 2 is 2.12 bits per heavy atom. The molecular weight excluding hydrogens is 206 g/mol. The molecule has 0 radical (unpaired) electrons. The number of imidazole rings is 1. The number of para-hydroxylation sites is 1. The number of hydrogen-bond donors (Lipinski definition) is 1. The van der Waals surface area contributed by atoms with Crippen LogP contribution in [0.25, 0.3) is 5.69 Å². The number of hydrogen-bond acceptors (Lipinski definition) is 3. The molecule has 1 N–H and O–H groups in total. The van der Waals surface area contributed by atoms with Crippen molar-refractivity contribution in [3.05, 3.63) is 48.5 Å². The van der Waals surface area contributed by atoms with Gasteiger partial charge in [0.25, 0.3) is 5.91 Å². The molecule has 2 aromatic rings. The lowest BCUT2D eigenvalue weighted by Gasteiger charge is -2.06. The summed E-state index contributed by atoms with van der Waals surface area (Å²) in [6, 6.07) is 9.49. The number of carbonyl (C=O) groups is 1. The van der Waals surface area contributed by atoms with Crippen LogP contribution in [0.3, 0.4) is 0 Å². The summed E-state index contributed by atoms with van der Waals surface area (Å²) in [5, 5.41) is 0. The summed E-state index contributed by atoms with van der Waals surface area (Å²) in [6.07, 6.45) is 3.07. The van der Waals surface area contributed by atoms with E-state index in [1.165, 1.54) is 13.3 Å². The zero-order valence-electron chi connectivity index (χ0n) is 8.75. The van der Waals surface area contributed by atoms with Gasteiger partial charge in [-0.25, -0.2) is 10.5 Å². The Morgan fingerprint density at radius 1 is 1.38 bits per heavy atom. The van der Waals surface area contributed by atoms with E-state index < -0.39 is 0 Å². The van der Waals surface area contributed by atoms with E-state index in [9.17, 15) is 4.79 Å². The summed E-state index contributed by atoms with van der Waals surface area (Å²) in [7, 11) is 1.39. The second kappa shape index (κ2) is 4.59. The summed E-state index contributed by atoms with van der Waals surface area (Å²) >= 11 is 0. The molecule has 0 aliphatic carbocycles. The van der Waals surface area contributed by atoms with Crippen molar-refractivity contribution in [3.63, 3.8) is 0 Å². The molecule has 1 aromatic carbocycles. The minimum atomic E-state index is -0.330. The van der Waals surface area contributed by atoms with Gasteiger partial charge in [0.1, 0.15) is 5.69 Å².